The highest BCUT2D eigenvalue weighted by atomic mass is 19.4. The van der Waals surface area contributed by atoms with Crippen molar-refractivity contribution in [2.45, 2.75) is 43.7 Å². The molecule has 0 unspecified atom stereocenters. The van der Waals surface area contributed by atoms with Gasteiger partial charge in [0.25, 0.3) is 5.91 Å². The summed E-state index contributed by atoms with van der Waals surface area (Å²) in [4.78, 5) is 16.7. The van der Waals surface area contributed by atoms with Gasteiger partial charge < -0.3 is 14.2 Å². The summed E-state index contributed by atoms with van der Waals surface area (Å²) < 4.78 is 63.3. The summed E-state index contributed by atoms with van der Waals surface area (Å²) in [7, 11) is 1.87. The number of benzene rings is 2. The predicted molar refractivity (Wildman–Crippen MR) is 130 cm³/mol. The molecule has 0 bridgehead atoms. The zero-order valence-electron chi connectivity index (χ0n) is 21.0. The van der Waals surface area contributed by atoms with E-state index < -0.39 is 29.9 Å². The fourth-order valence-corrected chi connectivity index (χ4v) is 5.61. The van der Waals surface area contributed by atoms with Crippen LogP contribution in [0.4, 0.5) is 23.2 Å². The molecular weight excluding hydrogens is 502 g/mol. The highest BCUT2D eigenvalue weighted by Crippen LogP contribution is 2.43. The zero-order valence-corrected chi connectivity index (χ0v) is 21.0. The Balaban J connectivity index is 1.33. The molecule has 2 fully saturated rings. The lowest BCUT2D eigenvalue weighted by Crippen LogP contribution is -2.49. The van der Waals surface area contributed by atoms with Gasteiger partial charge in [0.2, 0.25) is 0 Å². The van der Waals surface area contributed by atoms with E-state index in [1.807, 2.05) is 29.8 Å². The van der Waals surface area contributed by atoms with Crippen LogP contribution in [0.3, 0.4) is 0 Å². The van der Waals surface area contributed by atoms with Crippen molar-refractivity contribution < 1.29 is 27.1 Å². The van der Waals surface area contributed by atoms with Gasteiger partial charge >= 0.3 is 6.18 Å². The molecule has 2 saturated heterocycles. The van der Waals surface area contributed by atoms with Crippen LogP contribution in [0, 0.1) is 0 Å². The van der Waals surface area contributed by atoms with Crippen LogP contribution in [0.25, 0.3) is 0 Å². The average molecular weight is 530 g/mol. The van der Waals surface area contributed by atoms with Gasteiger partial charge in [-0.2, -0.15) is 13.2 Å². The van der Waals surface area contributed by atoms with Crippen molar-refractivity contribution in [1.82, 2.24) is 19.7 Å². The van der Waals surface area contributed by atoms with E-state index >= 15 is 0 Å². The molecule has 0 radical (unpaired) electrons. The molecule has 1 aromatic heterocycles. The van der Waals surface area contributed by atoms with E-state index in [9.17, 15) is 22.4 Å². The van der Waals surface area contributed by atoms with Crippen LogP contribution >= 0.6 is 0 Å². The first-order valence-electron chi connectivity index (χ1n) is 12.5. The number of aromatic nitrogens is 3. The largest absolute Gasteiger partial charge is 0.416 e. The summed E-state index contributed by atoms with van der Waals surface area (Å²) in [6, 6.07) is 9.58. The minimum absolute atomic E-state index is 0.0309. The van der Waals surface area contributed by atoms with Crippen molar-refractivity contribution >= 4 is 11.6 Å². The summed E-state index contributed by atoms with van der Waals surface area (Å²) >= 11 is 0. The van der Waals surface area contributed by atoms with Crippen LogP contribution in [-0.4, -0.2) is 58.0 Å². The molecule has 7 nitrogen and oxygen atoms in total. The van der Waals surface area contributed by atoms with Crippen LogP contribution in [0.2, 0.25) is 0 Å². The normalized spacial score (nSPS) is 20.3. The van der Waals surface area contributed by atoms with Gasteiger partial charge in [0.15, 0.2) is 0 Å². The molecule has 3 aromatic rings. The van der Waals surface area contributed by atoms with Gasteiger partial charge in [-0.05, 0) is 47.9 Å². The number of hydrogen-bond donors (Lipinski definition) is 0. The highest BCUT2D eigenvalue weighted by Gasteiger charge is 2.44. The molecule has 38 heavy (non-hydrogen) atoms. The summed E-state index contributed by atoms with van der Waals surface area (Å²) in [5.41, 5.74) is 0.656. The van der Waals surface area contributed by atoms with Gasteiger partial charge in [0.1, 0.15) is 18.3 Å². The van der Waals surface area contributed by atoms with Crippen LogP contribution in [-0.2, 0) is 36.3 Å². The Kier molecular flexibility index (Phi) is 5.84. The molecule has 200 valence electrons. The van der Waals surface area contributed by atoms with Crippen molar-refractivity contribution in [3.8, 4) is 0 Å². The number of rotatable bonds is 6. The topological polar surface area (TPSA) is 63.5 Å². The van der Waals surface area contributed by atoms with Crippen molar-refractivity contribution in [3.05, 3.63) is 76.4 Å². The number of amides is 1. The maximum absolute atomic E-state index is 14.2. The van der Waals surface area contributed by atoms with Crippen LogP contribution in [0.15, 0.2) is 42.7 Å². The molecule has 0 aliphatic carbocycles. The molecule has 0 N–H and O–H groups in total. The molecular formula is C27H27F4N5O2. The van der Waals surface area contributed by atoms with E-state index in [0.717, 1.165) is 17.5 Å². The van der Waals surface area contributed by atoms with Crippen LogP contribution in [0.1, 0.15) is 51.4 Å². The van der Waals surface area contributed by atoms with Crippen molar-refractivity contribution in [1.29, 1.82) is 0 Å². The van der Waals surface area contributed by atoms with Crippen LogP contribution in [0.5, 0.6) is 0 Å². The van der Waals surface area contributed by atoms with E-state index in [1.54, 1.807) is 30.3 Å². The predicted octanol–water partition coefficient (Wildman–Crippen LogP) is 4.22. The Hall–Kier alpha value is -3.31. The number of nitrogens with zero attached hydrogens (tertiary/aromatic N) is 5. The van der Waals surface area contributed by atoms with Crippen LogP contribution < -0.4 is 4.90 Å². The molecule has 11 heteroatoms. The zero-order chi connectivity index (χ0) is 26.8. The molecule has 1 atom stereocenters. The Bertz CT molecular complexity index is 1390. The lowest BCUT2D eigenvalue weighted by atomic mass is 9.75. The van der Waals surface area contributed by atoms with Gasteiger partial charge in [-0.3, -0.25) is 9.69 Å². The first-order valence-corrected chi connectivity index (χ1v) is 12.5. The lowest BCUT2D eigenvalue weighted by molar-refractivity contribution is -0.138. The quantitative estimate of drug-likeness (QED) is 0.448. The number of likely N-dealkylation sites (tertiary alicyclic amines) is 1. The lowest BCUT2D eigenvalue weighted by Gasteiger charge is -2.42. The highest BCUT2D eigenvalue weighted by molar-refractivity contribution is 6.10. The fourth-order valence-electron chi connectivity index (χ4n) is 5.61. The average Bonchev–Trinajstić information content (AvgIpc) is 3.40. The maximum Gasteiger partial charge on any atom is 0.416 e. The number of anilines is 1. The minimum atomic E-state index is -4.63. The third-order valence-corrected chi connectivity index (χ3v) is 8.09. The minimum Gasteiger partial charge on any atom is -0.379 e. The van der Waals surface area contributed by atoms with Gasteiger partial charge in [0.05, 0.1) is 25.3 Å². The SMILES string of the molecule is C[C@@H](c1cc2c(c(C(F)(F)F)c1)CN(c1cccc(C3(Cc4nncn4C)COC3)c1)C2=O)N1CC(F)C1. The van der Waals surface area contributed by atoms with Crippen molar-refractivity contribution in [2.24, 2.45) is 7.05 Å². The first-order chi connectivity index (χ1) is 18.1. The van der Waals surface area contributed by atoms with E-state index in [1.165, 1.54) is 4.90 Å². The second-order valence-corrected chi connectivity index (χ2v) is 10.6. The number of carbonyl (C=O) groups is 1. The van der Waals surface area contributed by atoms with Gasteiger partial charge in [-0.15, -0.1) is 10.2 Å². The monoisotopic (exact) mass is 529 g/mol. The number of ether oxygens (including phenoxy) is 1. The summed E-state index contributed by atoms with van der Waals surface area (Å²) in [5.74, 6) is 0.317. The number of fused-ring (bicyclic) bond motifs is 1. The smallest absolute Gasteiger partial charge is 0.379 e. The molecule has 0 spiro atoms. The van der Waals surface area contributed by atoms with Crippen molar-refractivity contribution in [3.63, 3.8) is 0 Å². The van der Waals surface area contributed by atoms with E-state index in [2.05, 4.69) is 10.2 Å². The summed E-state index contributed by atoms with van der Waals surface area (Å²) in [5, 5.41) is 8.14. The molecule has 6 rings (SSSR count). The Morgan fingerprint density at radius 3 is 2.55 bits per heavy atom. The number of hydrogen-bond acceptors (Lipinski definition) is 5. The van der Waals surface area contributed by atoms with E-state index in [4.69, 9.17) is 4.74 Å². The maximum atomic E-state index is 14.2. The molecule has 1 amide bonds. The molecule has 0 saturated carbocycles. The third-order valence-electron chi connectivity index (χ3n) is 8.09. The first kappa shape index (κ1) is 25.0. The number of aryl methyl sites for hydroxylation is 1. The second kappa shape index (κ2) is 8.88. The Labute approximate surface area is 217 Å². The van der Waals surface area contributed by atoms with Crippen molar-refractivity contribution in [2.75, 3.05) is 31.2 Å². The molecule has 3 aliphatic rings. The summed E-state index contributed by atoms with van der Waals surface area (Å²) in [6.45, 7) is 2.84. The Morgan fingerprint density at radius 1 is 1.18 bits per heavy atom. The second-order valence-electron chi connectivity index (χ2n) is 10.6. The Morgan fingerprint density at radius 2 is 1.95 bits per heavy atom. The van der Waals surface area contributed by atoms with E-state index in [0.29, 0.717) is 30.9 Å². The molecule has 4 heterocycles. The molecule has 3 aliphatic heterocycles. The fraction of sp³-hybridized carbons (Fsp3) is 0.444. The van der Waals surface area contributed by atoms with Gasteiger partial charge in [0, 0.05) is 49.3 Å². The molecule has 2 aromatic carbocycles. The standard InChI is InChI=1S/C27H27F4N5O2/c1-16(35-10-19(28)11-35)17-6-21-22(23(7-17)27(29,30)31)12-36(25(21)37)20-5-3-4-18(8-20)26(13-38-14-26)9-24-33-32-15-34(24)2/h3-8,15-16,19H,9-14H2,1-2H3/t16-/m0/s1. The van der Waals surface area contributed by atoms with E-state index in [-0.39, 0.29) is 36.2 Å². The third kappa shape index (κ3) is 4.08. The number of carbonyl (C=O) groups excluding carboxylic acids is 1. The van der Waals surface area contributed by atoms with Gasteiger partial charge in [-0.1, -0.05) is 12.1 Å². The number of halogens is 4. The summed E-state index contributed by atoms with van der Waals surface area (Å²) in [6.07, 6.45) is -3.39. The number of alkyl halides is 4. The van der Waals surface area contributed by atoms with Gasteiger partial charge in [-0.25, -0.2) is 4.39 Å².